The molecule has 1 fully saturated rings. The van der Waals surface area contributed by atoms with E-state index in [0.717, 1.165) is 46.7 Å². The number of amides is 1. The van der Waals surface area contributed by atoms with Crippen LogP contribution in [0.3, 0.4) is 0 Å². The summed E-state index contributed by atoms with van der Waals surface area (Å²) in [7, 11) is 0. The highest BCUT2D eigenvalue weighted by Crippen LogP contribution is 2.36. The normalized spacial score (nSPS) is 15.1. The maximum atomic E-state index is 13.1. The number of thioether (sulfide) groups is 1. The number of rotatable bonds is 8. The second-order valence-corrected chi connectivity index (χ2v) is 10.2. The minimum atomic E-state index is -0.0285. The molecule has 0 radical (unpaired) electrons. The second kappa shape index (κ2) is 10.6. The number of hydrogen-bond acceptors (Lipinski definition) is 5. The van der Waals surface area contributed by atoms with Crippen molar-refractivity contribution in [3.8, 4) is 22.7 Å². The third-order valence-corrected chi connectivity index (χ3v) is 6.86. The van der Waals surface area contributed by atoms with Crippen LogP contribution in [0.2, 0.25) is 0 Å². The average Bonchev–Trinajstić information content (AvgIpc) is 3.33. The van der Waals surface area contributed by atoms with Gasteiger partial charge in [-0.1, -0.05) is 55.5 Å². The van der Waals surface area contributed by atoms with Gasteiger partial charge in [0, 0.05) is 23.9 Å². The number of para-hydroxylation sites is 1. The van der Waals surface area contributed by atoms with E-state index in [1.165, 1.54) is 11.8 Å². The lowest BCUT2D eigenvalue weighted by Gasteiger charge is -2.13. The topological polar surface area (TPSA) is 47.4 Å². The Morgan fingerprint density at radius 2 is 1.94 bits per heavy atom. The first kappa shape index (κ1) is 24.2. The zero-order chi connectivity index (χ0) is 24.2. The van der Waals surface area contributed by atoms with Gasteiger partial charge in [-0.3, -0.25) is 9.69 Å². The van der Waals surface area contributed by atoms with Crippen LogP contribution in [0, 0.1) is 6.92 Å². The number of nitrogens with zero attached hydrogens (tertiary/aromatic N) is 3. The van der Waals surface area contributed by atoms with Gasteiger partial charge in [0.25, 0.3) is 5.91 Å². The summed E-state index contributed by atoms with van der Waals surface area (Å²) in [6.07, 6.45) is 5.94. The molecular weight excluding hydrogens is 462 g/mol. The maximum absolute atomic E-state index is 13.1. The van der Waals surface area contributed by atoms with Crippen LogP contribution in [0.4, 0.5) is 0 Å². The SMILES string of the molecule is CCCCN1C(=O)C(=Cc2cn(-c3ccccc3)nc2-c2ccc(OC(C)C)cc2C)SC1=S. The number of aromatic nitrogens is 2. The molecule has 0 unspecified atom stereocenters. The van der Waals surface area contributed by atoms with Gasteiger partial charge in [-0.05, 0) is 69.2 Å². The third-order valence-electron chi connectivity index (χ3n) is 5.48. The van der Waals surface area contributed by atoms with Gasteiger partial charge in [0.05, 0.1) is 16.7 Å². The average molecular weight is 492 g/mol. The van der Waals surface area contributed by atoms with Crippen molar-refractivity contribution in [1.29, 1.82) is 0 Å². The third kappa shape index (κ3) is 5.26. The molecule has 0 bridgehead atoms. The molecule has 176 valence electrons. The standard InChI is InChI=1S/C27H29N3O2S2/c1-5-6-14-29-26(31)24(34-27(29)33)16-20-17-30(21-10-8-7-9-11-21)28-25(20)23-13-12-22(15-19(23)4)32-18(2)3/h7-13,15-18H,5-6,14H2,1-4H3. The second-order valence-electron chi connectivity index (χ2n) is 8.54. The summed E-state index contributed by atoms with van der Waals surface area (Å²) in [5.74, 6) is 0.802. The van der Waals surface area contributed by atoms with Crippen molar-refractivity contribution >= 4 is 40.3 Å². The van der Waals surface area contributed by atoms with Crippen LogP contribution in [0.25, 0.3) is 23.0 Å². The highest BCUT2D eigenvalue weighted by Gasteiger charge is 2.32. The molecule has 3 aromatic rings. The van der Waals surface area contributed by atoms with Gasteiger partial charge in [0.1, 0.15) is 15.8 Å². The molecule has 0 saturated carbocycles. The van der Waals surface area contributed by atoms with Gasteiger partial charge in [0.15, 0.2) is 0 Å². The molecule has 1 aliphatic heterocycles. The van der Waals surface area contributed by atoms with Gasteiger partial charge < -0.3 is 4.74 Å². The van der Waals surface area contributed by atoms with Crippen molar-refractivity contribution < 1.29 is 9.53 Å². The molecule has 34 heavy (non-hydrogen) atoms. The Hall–Kier alpha value is -2.90. The Morgan fingerprint density at radius 3 is 2.62 bits per heavy atom. The van der Waals surface area contributed by atoms with E-state index in [1.807, 2.05) is 79.3 Å². The van der Waals surface area contributed by atoms with Gasteiger partial charge in [-0.2, -0.15) is 5.10 Å². The van der Waals surface area contributed by atoms with Crippen molar-refractivity contribution in [2.45, 2.75) is 46.6 Å². The van der Waals surface area contributed by atoms with Crippen LogP contribution in [0.15, 0.2) is 59.6 Å². The zero-order valence-electron chi connectivity index (χ0n) is 19.9. The zero-order valence-corrected chi connectivity index (χ0v) is 21.6. The minimum absolute atomic E-state index is 0.0285. The monoisotopic (exact) mass is 491 g/mol. The van der Waals surface area contributed by atoms with Crippen LogP contribution >= 0.6 is 24.0 Å². The van der Waals surface area contributed by atoms with Crippen LogP contribution in [0.1, 0.15) is 44.7 Å². The van der Waals surface area contributed by atoms with E-state index in [0.29, 0.717) is 15.8 Å². The van der Waals surface area contributed by atoms with Gasteiger partial charge in [-0.25, -0.2) is 4.68 Å². The lowest BCUT2D eigenvalue weighted by molar-refractivity contribution is -0.122. The van der Waals surface area contributed by atoms with Crippen LogP contribution < -0.4 is 4.74 Å². The number of thiocarbonyl (C=S) groups is 1. The number of carbonyl (C=O) groups is 1. The van der Waals surface area contributed by atoms with Crippen molar-refractivity contribution in [2.75, 3.05) is 6.54 Å². The van der Waals surface area contributed by atoms with Crippen LogP contribution in [0.5, 0.6) is 5.75 Å². The van der Waals surface area contributed by atoms with E-state index < -0.39 is 0 Å². The summed E-state index contributed by atoms with van der Waals surface area (Å²) >= 11 is 6.86. The van der Waals surface area contributed by atoms with E-state index in [-0.39, 0.29) is 12.0 Å². The smallest absolute Gasteiger partial charge is 0.266 e. The quantitative estimate of drug-likeness (QED) is 0.261. The van der Waals surface area contributed by atoms with E-state index >= 15 is 0 Å². The molecule has 0 N–H and O–H groups in total. The van der Waals surface area contributed by atoms with E-state index in [1.54, 1.807) is 4.90 Å². The molecule has 2 aromatic carbocycles. The molecule has 1 aliphatic rings. The van der Waals surface area contributed by atoms with Crippen molar-refractivity contribution in [1.82, 2.24) is 14.7 Å². The molecule has 5 nitrogen and oxygen atoms in total. The summed E-state index contributed by atoms with van der Waals surface area (Å²) in [4.78, 5) is 15.4. The Morgan fingerprint density at radius 1 is 1.18 bits per heavy atom. The number of carbonyl (C=O) groups excluding carboxylic acids is 1. The fraction of sp³-hybridized carbons (Fsp3) is 0.296. The number of ether oxygens (including phenoxy) is 1. The Labute approximate surface area is 210 Å². The lowest BCUT2D eigenvalue weighted by Crippen LogP contribution is -2.28. The molecule has 7 heteroatoms. The fourth-order valence-electron chi connectivity index (χ4n) is 3.81. The molecule has 1 amide bonds. The van der Waals surface area contributed by atoms with Gasteiger partial charge in [-0.15, -0.1) is 0 Å². The molecule has 1 saturated heterocycles. The van der Waals surface area contributed by atoms with Crippen LogP contribution in [-0.2, 0) is 4.79 Å². The molecular formula is C27H29N3O2S2. The highest BCUT2D eigenvalue weighted by molar-refractivity contribution is 8.26. The summed E-state index contributed by atoms with van der Waals surface area (Å²) in [6, 6.07) is 16.0. The largest absolute Gasteiger partial charge is 0.491 e. The van der Waals surface area contributed by atoms with Crippen molar-refractivity contribution in [2.24, 2.45) is 0 Å². The first-order valence-corrected chi connectivity index (χ1v) is 12.8. The number of unbranched alkanes of at least 4 members (excludes halogenated alkanes) is 1. The van der Waals surface area contributed by atoms with E-state index in [2.05, 4.69) is 13.8 Å². The maximum Gasteiger partial charge on any atom is 0.266 e. The highest BCUT2D eigenvalue weighted by atomic mass is 32.2. The molecule has 1 aromatic heterocycles. The molecule has 4 rings (SSSR count). The number of benzene rings is 2. The fourth-order valence-corrected chi connectivity index (χ4v) is 5.11. The van der Waals surface area contributed by atoms with Crippen molar-refractivity contribution in [3.05, 3.63) is 70.8 Å². The van der Waals surface area contributed by atoms with E-state index in [9.17, 15) is 4.79 Å². The summed E-state index contributed by atoms with van der Waals surface area (Å²) in [6.45, 7) is 8.85. The first-order chi connectivity index (χ1) is 16.4. The Balaban J connectivity index is 1.77. The summed E-state index contributed by atoms with van der Waals surface area (Å²) in [5.41, 5.74) is 4.70. The predicted octanol–water partition coefficient (Wildman–Crippen LogP) is 6.64. The number of aryl methyl sites for hydroxylation is 1. The summed E-state index contributed by atoms with van der Waals surface area (Å²) < 4.78 is 8.34. The molecule has 2 heterocycles. The first-order valence-electron chi connectivity index (χ1n) is 11.6. The van der Waals surface area contributed by atoms with E-state index in [4.69, 9.17) is 22.1 Å². The predicted molar refractivity (Wildman–Crippen MR) is 144 cm³/mol. The van der Waals surface area contributed by atoms with Crippen LogP contribution in [-0.4, -0.2) is 37.6 Å². The van der Waals surface area contributed by atoms with Gasteiger partial charge in [0.2, 0.25) is 0 Å². The molecule has 0 aliphatic carbocycles. The molecule has 0 atom stereocenters. The lowest BCUT2D eigenvalue weighted by atomic mass is 10.0. The summed E-state index contributed by atoms with van der Waals surface area (Å²) in [5, 5.41) is 4.92. The van der Waals surface area contributed by atoms with Gasteiger partial charge >= 0.3 is 0 Å². The number of hydrogen-bond donors (Lipinski definition) is 0. The van der Waals surface area contributed by atoms with Crippen molar-refractivity contribution in [3.63, 3.8) is 0 Å². The molecule has 0 spiro atoms. The Bertz CT molecular complexity index is 1230. The minimum Gasteiger partial charge on any atom is -0.491 e. The Kier molecular flexibility index (Phi) is 7.54.